The van der Waals surface area contributed by atoms with E-state index >= 15 is 0 Å². The molecule has 2 rings (SSSR count). The summed E-state index contributed by atoms with van der Waals surface area (Å²) in [5.74, 6) is 1.61. The van der Waals surface area contributed by atoms with Gasteiger partial charge in [-0.05, 0) is 32.9 Å². The quantitative estimate of drug-likeness (QED) is 0.286. The van der Waals surface area contributed by atoms with Crippen LogP contribution in [0.3, 0.4) is 0 Å². The SMILES string of the molecule is CN=C(NCC(C)Oc1ccccc1)N1CCN(S(=O)(=O)CCOC(C)C)CC1.I. The number of ether oxygens (including phenoxy) is 2. The van der Waals surface area contributed by atoms with Crippen LogP contribution < -0.4 is 10.1 Å². The predicted octanol–water partition coefficient (Wildman–Crippen LogP) is 2.02. The highest BCUT2D eigenvalue weighted by Crippen LogP contribution is 2.11. The Labute approximate surface area is 198 Å². The molecule has 0 amide bonds. The molecule has 1 N–H and O–H groups in total. The standard InChI is InChI=1S/C20H34N4O4S.HI/c1-17(2)27-14-15-29(25,26)24-12-10-23(11-13-24)20(21-4)22-16-18(3)28-19-8-6-5-7-9-19;/h5-9,17-18H,10-16H2,1-4H3,(H,21,22);1H. The number of sulfonamides is 1. The second-order valence-electron chi connectivity index (χ2n) is 7.29. The number of aliphatic imine (C=N–C) groups is 1. The first-order valence-corrected chi connectivity index (χ1v) is 11.7. The third kappa shape index (κ3) is 8.94. The number of hydrogen-bond donors (Lipinski definition) is 1. The molecule has 10 heteroatoms. The first-order valence-electron chi connectivity index (χ1n) is 10.1. The van der Waals surface area contributed by atoms with E-state index in [-0.39, 0.29) is 48.5 Å². The zero-order valence-corrected chi connectivity index (χ0v) is 21.4. The fourth-order valence-corrected chi connectivity index (χ4v) is 4.32. The molecule has 1 unspecified atom stereocenters. The fourth-order valence-electron chi connectivity index (χ4n) is 3.04. The van der Waals surface area contributed by atoms with Crippen LogP contribution in [0, 0.1) is 0 Å². The number of para-hydroxylation sites is 1. The van der Waals surface area contributed by atoms with Crippen molar-refractivity contribution in [1.82, 2.24) is 14.5 Å². The maximum absolute atomic E-state index is 12.5. The van der Waals surface area contributed by atoms with E-state index in [1.807, 2.05) is 51.1 Å². The number of rotatable bonds is 9. The Morgan fingerprint density at radius 3 is 2.33 bits per heavy atom. The van der Waals surface area contributed by atoms with Crippen LogP contribution >= 0.6 is 24.0 Å². The molecule has 1 atom stereocenters. The van der Waals surface area contributed by atoms with Gasteiger partial charge in [0, 0.05) is 33.2 Å². The summed E-state index contributed by atoms with van der Waals surface area (Å²) in [6.45, 7) is 8.70. The molecule has 1 heterocycles. The summed E-state index contributed by atoms with van der Waals surface area (Å²) >= 11 is 0. The lowest BCUT2D eigenvalue weighted by molar-refractivity contribution is 0.0904. The molecule has 8 nitrogen and oxygen atoms in total. The molecule has 0 saturated carbocycles. The van der Waals surface area contributed by atoms with E-state index in [2.05, 4.69) is 15.2 Å². The van der Waals surface area contributed by atoms with Gasteiger partial charge in [-0.3, -0.25) is 4.99 Å². The van der Waals surface area contributed by atoms with E-state index in [1.165, 1.54) is 0 Å². The lowest BCUT2D eigenvalue weighted by Crippen LogP contribution is -2.55. The molecular weight excluding hydrogens is 519 g/mol. The fraction of sp³-hybridized carbons (Fsp3) is 0.650. The van der Waals surface area contributed by atoms with E-state index in [4.69, 9.17) is 9.47 Å². The summed E-state index contributed by atoms with van der Waals surface area (Å²) in [6.07, 6.45) is 0.00137. The monoisotopic (exact) mass is 554 g/mol. The van der Waals surface area contributed by atoms with E-state index < -0.39 is 10.0 Å². The number of hydrogen-bond acceptors (Lipinski definition) is 5. The number of nitrogens with one attached hydrogen (secondary N) is 1. The van der Waals surface area contributed by atoms with Crippen LogP contribution in [0.25, 0.3) is 0 Å². The molecule has 30 heavy (non-hydrogen) atoms. The highest BCUT2D eigenvalue weighted by atomic mass is 127. The van der Waals surface area contributed by atoms with Gasteiger partial charge in [0.25, 0.3) is 0 Å². The second-order valence-corrected chi connectivity index (χ2v) is 9.38. The van der Waals surface area contributed by atoms with E-state index in [0.717, 1.165) is 11.7 Å². The zero-order valence-electron chi connectivity index (χ0n) is 18.3. The molecule has 0 radical (unpaired) electrons. The van der Waals surface area contributed by atoms with Gasteiger partial charge in [0.15, 0.2) is 5.96 Å². The van der Waals surface area contributed by atoms with Gasteiger partial charge in [-0.25, -0.2) is 8.42 Å². The van der Waals surface area contributed by atoms with Gasteiger partial charge in [0.05, 0.1) is 25.0 Å². The minimum absolute atomic E-state index is 0. The summed E-state index contributed by atoms with van der Waals surface area (Å²) < 4.78 is 37.7. The van der Waals surface area contributed by atoms with Crippen LogP contribution in [0.1, 0.15) is 20.8 Å². The topological polar surface area (TPSA) is 83.5 Å². The minimum Gasteiger partial charge on any atom is -0.489 e. The van der Waals surface area contributed by atoms with Crippen LogP contribution in [-0.2, 0) is 14.8 Å². The predicted molar refractivity (Wildman–Crippen MR) is 131 cm³/mol. The molecule has 1 aliphatic rings. The summed E-state index contributed by atoms with van der Waals surface area (Å²) in [6, 6.07) is 9.69. The highest BCUT2D eigenvalue weighted by molar-refractivity contribution is 14.0. The van der Waals surface area contributed by atoms with Crippen molar-refractivity contribution in [3.05, 3.63) is 30.3 Å². The van der Waals surface area contributed by atoms with Crippen molar-refractivity contribution in [2.45, 2.75) is 33.0 Å². The normalized spacial score (nSPS) is 16.8. The largest absolute Gasteiger partial charge is 0.489 e. The van der Waals surface area contributed by atoms with Gasteiger partial charge >= 0.3 is 0 Å². The smallest absolute Gasteiger partial charge is 0.216 e. The van der Waals surface area contributed by atoms with Crippen molar-refractivity contribution in [3.8, 4) is 5.75 Å². The first kappa shape index (κ1) is 26.9. The van der Waals surface area contributed by atoms with Gasteiger partial charge in [0.2, 0.25) is 10.0 Å². The molecule has 172 valence electrons. The number of piperazine rings is 1. The molecule has 1 aromatic carbocycles. The van der Waals surface area contributed by atoms with Crippen molar-refractivity contribution in [2.75, 3.05) is 52.1 Å². The van der Waals surface area contributed by atoms with E-state index in [0.29, 0.717) is 32.7 Å². The highest BCUT2D eigenvalue weighted by Gasteiger charge is 2.28. The third-order valence-electron chi connectivity index (χ3n) is 4.56. The van der Waals surface area contributed by atoms with Gasteiger partial charge in [-0.15, -0.1) is 24.0 Å². The molecule has 0 bridgehead atoms. The Balaban J connectivity index is 0.00000450. The zero-order chi connectivity index (χ0) is 21.3. The van der Waals surface area contributed by atoms with Crippen molar-refractivity contribution >= 4 is 40.0 Å². The van der Waals surface area contributed by atoms with E-state index in [9.17, 15) is 8.42 Å². The summed E-state index contributed by atoms with van der Waals surface area (Å²) in [7, 11) is -1.56. The average Bonchev–Trinajstić information content (AvgIpc) is 2.69. The number of nitrogens with zero attached hydrogens (tertiary/aromatic N) is 3. The number of halogens is 1. The maximum Gasteiger partial charge on any atom is 0.216 e. The van der Waals surface area contributed by atoms with Crippen molar-refractivity contribution in [2.24, 2.45) is 4.99 Å². The second kappa shape index (κ2) is 13.3. The number of benzene rings is 1. The number of guanidine groups is 1. The third-order valence-corrected chi connectivity index (χ3v) is 6.40. The lowest BCUT2D eigenvalue weighted by atomic mass is 10.3. The summed E-state index contributed by atoms with van der Waals surface area (Å²) in [4.78, 5) is 6.41. The first-order chi connectivity index (χ1) is 13.8. The van der Waals surface area contributed by atoms with Gasteiger partial charge in [-0.1, -0.05) is 18.2 Å². The minimum atomic E-state index is -3.29. The Morgan fingerprint density at radius 1 is 1.13 bits per heavy atom. The Bertz CT molecular complexity index is 738. The van der Waals surface area contributed by atoms with Crippen molar-refractivity contribution < 1.29 is 17.9 Å². The van der Waals surface area contributed by atoms with Gasteiger partial charge in [0.1, 0.15) is 11.9 Å². The van der Waals surface area contributed by atoms with Crippen LogP contribution in [-0.4, -0.2) is 87.9 Å². The van der Waals surface area contributed by atoms with Gasteiger partial charge < -0.3 is 19.7 Å². The van der Waals surface area contributed by atoms with Crippen LogP contribution in [0.4, 0.5) is 0 Å². The van der Waals surface area contributed by atoms with Crippen molar-refractivity contribution in [3.63, 3.8) is 0 Å². The molecule has 1 fully saturated rings. The average molecular weight is 554 g/mol. The van der Waals surface area contributed by atoms with Crippen LogP contribution in [0.2, 0.25) is 0 Å². The van der Waals surface area contributed by atoms with Crippen molar-refractivity contribution in [1.29, 1.82) is 0 Å². The molecular formula is C20H35IN4O4S. The Morgan fingerprint density at radius 2 is 1.77 bits per heavy atom. The molecule has 0 aromatic heterocycles. The molecule has 0 aliphatic carbocycles. The van der Waals surface area contributed by atoms with Crippen LogP contribution in [0.5, 0.6) is 5.75 Å². The van der Waals surface area contributed by atoms with Gasteiger partial charge in [-0.2, -0.15) is 4.31 Å². The molecule has 1 saturated heterocycles. The van der Waals surface area contributed by atoms with E-state index in [1.54, 1.807) is 11.4 Å². The summed E-state index contributed by atoms with van der Waals surface area (Å²) in [5.41, 5.74) is 0. The summed E-state index contributed by atoms with van der Waals surface area (Å²) in [5, 5.41) is 3.32. The molecule has 1 aliphatic heterocycles. The van der Waals surface area contributed by atoms with Crippen LogP contribution in [0.15, 0.2) is 35.3 Å². The Kier molecular flexibility index (Phi) is 12.0. The molecule has 1 aromatic rings. The maximum atomic E-state index is 12.5. The Hall–Kier alpha value is -1.11. The molecule has 0 spiro atoms. The lowest BCUT2D eigenvalue weighted by Gasteiger charge is -2.36.